The van der Waals surface area contributed by atoms with E-state index in [0.29, 0.717) is 5.92 Å². The molecule has 1 aliphatic heterocycles. The third-order valence-electron chi connectivity index (χ3n) is 6.63. The smallest absolute Gasteiger partial charge is 0.282 e. The van der Waals surface area contributed by atoms with Gasteiger partial charge < -0.3 is 5.32 Å². The van der Waals surface area contributed by atoms with Gasteiger partial charge in [0.15, 0.2) is 0 Å². The summed E-state index contributed by atoms with van der Waals surface area (Å²) >= 11 is 6.15. The Morgan fingerprint density at radius 1 is 1.05 bits per heavy atom. The normalized spacial score (nSPS) is 12.4. The fourth-order valence-corrected chi connectivity index (χ4v) is 4.79. The summed E-state index contributed by atoms with van der Waals surface area (Å²) in [5, 5.41) is 12.2. The van der Waals surface area contributed by atoms with Gasteiger partial charge >= 0.3 is 0 Å². The van der Waals surface area contributed by atoms with Gasteiger partial charge in [-0.15, -0.1) is 12.8 Å². The van der Waals surface area contributed by atoms with Gasteiger partial charge in [-0.3, -0.25) is 4.79 Å². The number of nitrogens with zero attached hydrogens (tertiary/aromatic N) is 2. The van der Waals surface area contributed by atoms with Gasteiger partial charge in [-0.05, 0) is 67.5 Å². The van der Waals surface area contributed by atoms with Gasteiger partial charge in [0.2, 0.25) is 5.91 Å². The molecule has 1 amide bonds. The van der Waals surface area contributed by atoms with Crippen LogP contribution in [0.2, 0.25) is 5.02 Å². The summed E-state index contributed by atoms with van der Waals surface area (Å²) in [5.41, 5.74) is 8.03. The lowest BCUT2D eigenvalue weighted by Crippen LogP contribution is -2.44. The lowest BCUT2D eigenvalue weighted by Gasteiger charge is -2.21. The highest BCUT2D eigenvalue weighted by molar-refractivity contribution is 7.20. The van der Waals surface area contributed by atoms with Crippen molar-refractivity contribution in [2.75, 3.05) is 6.54 Å². The minimum atomic E-state index is 0.0394. The zero-order chi connectivity index (χ0) is 32.1. The van der Waals surface area contributed by atoms with Gasteiger partial charge in [0, 0.05) is 35.6 Å². The number of carbonyl (C=O) groups excluding carboxylic acids is 1. The maximum absolute atomic E-state index is 9.93. The fourth-order valence-electron chi connectivity index (χ4n) is 4.66. The van der Waals surface area contributed by atoms with Crippen LogP contribution in [-0.4, -0.2) is 30.4 Å². The summed E-state index contributed by atoms with van der Waals surface area (Å²) in [6.45, 7) is 21.5. The number of allylic oxidation sites excluding steroid dienone is 2. The lowest BCUT2D eigenvalue weighted by molar-refractivity contribution is -0.118. The molecule has 0 saturated heterocycles. The van der Waals surface area contributed by atoms with Gasteiger partial charge in [-0.25, -0.2) is 0 Å². The second kappa shape index (κ2) is 22.3. The average molecular weight is 588 g/mol. The Morgan fingerprint density at radius 2 is 1.69 bits per heavy atom. The van der Waals surface area contributed by atoms with Crippen LogP contribution >= 0.6 is 11.6 Å². The van der Waals surface area contributed by atoms with E-state index in [1.807, 2.05) is 32.9 Å². The first-order chi connectivity index (χ1) is 20.3. The Bertz CT molecular complexity index is 1210. The van der Waals surface area contributed by atoms with Crippen molar-refractivity contribution in [2.24, 2.45) is 10.2 Å². The summed E-state index contributed by atoms with van der Waals surface area (Å²) in [4.78, 5) is 9.93. The Kier molecular flexibility index (Phi) is 20.5. The number of hydrogen-bond acceptors (Lipinski definition) is 3. The molecule has 226 valence electrons. The van der Waals surface area contributed by atoms with E-state index < -0.39 is 0 Å². The second-order valence-corrected chi connectivity index (χ2v) is 10.1. The van der Waals surface area contributed by atoms with Crippen molar-refractivity contribution in [3.63, 3.8) is 0 Å². The molecule has 1 aliphatic rings. The Hall–Kier alpha value is -3.36. The molecule has 6 heteroatoms. The van der Waals surface area contributed by atoms with Crippen LogP contribution in [0.4, 0.5) is 0 Å². The van der Waals surface area contributed by atoms with Crippen LogP contribution in [0.25, 0.3) is 5.57 Å². The first-order valence-corrected chi connectivity index (χ1v) is 15.6. The Labute approximate surface area is 261 Å². The number of halogens is 1. The van der Waals surface area contributed by atoms with Gasteiger partial charge in [-0.1, -0.05) is 114 Å². The molecule has 1 atom stereocenters. The van der Waals surface area contributed by atoms with Crippen molar-refractivity contribution < 1.29 is 4.79 Å². The van der Waals surface area contributed by atoms with E-state index in [-0.39, 0.29) is 12.6 Å². The monoisotopic (exact) mass is 587 g/mol. The van der Waals surface area contributed by atoms with Gasteiger partial charge in [0.1, 0.15) is 0 Å². The number of carbonyl (C=O) groups is 1. The number of hydrogen-bond donors (Lipinski definition) is 1. The highest BCUT2D eigenvalue weighted by atomic mass is 35.5. The molecule has 42 heavy (non-hydrogen) atoms. The van der Waals surface area contributed by atoms with Gasteiger partial charge in [-0.2, -0.15) is 10.2 Å². The van der Waals surface area contributed by atoms with Gasteiger partial charge in [0.05, 0.1) is 0 Å². The maximum Gasteiger partial charge on any atom is 0.282 e. The predicted molar refractivity (Wildman–Crippen MR) is 190 cm³/mol. The molecular weight excluding hydrogens is 537 g/mol. The zero-order valence-electron chi connectivity index (χ0n) is 27.1. The quantitative estimate of drug-likeness (QED) is 0.159. The number of nitrogens with one attached hydrogen (secondary N) is 1. The van der Waals surface area contributed by atoms with Crippen LogP contribution in [0.1, 0.15) is 110 Å². The molecule has 0 fully saturated rings. The standard InChI is InChI=1S/C28H34BClN2.C4H9NO.C2H6.C2H2/c1-6-9-10-12-23(11-7-2)24-15-18-27(29-21(5)31-32-28(29)8-3)26(19-24)20(4)22-13-16-25(30)17-14-22;1-3-5-4(2)6;2*1-2/h10,12-19,23H,4,6-9,11H2,1-3,5H3;3H2,1-2H3,(H,5,6);1-2H3;1-2H. The third-order valence-corrected chi connectivity index (χ3v) is 6.88. The Morgan fingerprint density at radius 3 is 2.19 bits per heavy atom. The van der Waals surface area contributed by atoms with E-state index in [1.54, 1.807) is 0 Å². The first kappa shape index (κ1) is 38.6. The zero-order valence-corrected chi connectivity index (χ0v) is 27.9. The van der Waals surface area contributed by atoms with Crippen molar-refractivity contribution in [3.05, 3.63) is 82.9 Å². The van der Waals surface area contributed by atoms with Crippen molar-refractivity contribution in [2.45, 2.75) is 93.4 Å². The van der Waals surface area contributed by atoms with E-state index in [0.717, 1.165) is 59.6 Å². The summed E-state index contributed by atoms with van der Waals surface area (Å²) in [5.74, 6) is 0.451. The Balaban J connectivity index is 0.00000147. The van der Waals surface area contributed by atoms with E-state index in [9.17, 15) is 4.79 Å². The van der Waals surface area contributed by atoms with Crippen LogP contribution < -0.4 is 10.8 Å². The molecule has 1 unspecified atom stereocenters. The first-order valence-electron chi connectivity index (χ1n) is 15.2. The molecule has 1 N–H and O–H groups in total. The number of benzene rings is 2. The molecule has 4 nitrogen and oxygen atoms in total. The second-order valence-electron chi connectivity index (χ2n) is 9.65. The molecular formula is C36H51BClN3O. The number of rotatable bonds is 11. The molecule has 0 saturated carbocycles. The molecule has 0 radical (unpaired) electrons. The highest BCUT2D eigenvalue weighted by Gasteiger charge is 2.32. The summed E-state index contributed by atoms with van der Waals surface area (Å²) in [6.07, 6.45) is 18.2. The lowest BCUT2D eigenvalue weighted by atomic mass is 9.37. The van der Waals surface area contributed by atoms with E-state index in [4.69, 9.17) is 11.6 Å². The summed E-state index contributed by atoms with van der Waals surface area (Å²) in [7, 11) is 0. The molecule has 1 heterocycles. The largest absolute Gasteiger partial charge is 0.357 e. The van der Waals surface area contributed by atoms with Crippen LogP contribution in [0, 0.1) is 12.8 Å². The number of unbranched alkanes of at least 4 members (excludes halogenated alkanes) is 1. The number of terminal acetylenes is 1. The van der Waals surface area contributed by atoms with Crippen molar-refractivity contribution in [1.82, 2.24) is 5.32 Å². The molecule has 0 aromatic heterocycles. The summed E-state index contributed by atoms with van der Waals surface area (Å²) in [6, 6.07) is 14.9. The van der Waals surface area contributed by atoms with Crippen molar-refractivity contribution in [3.8, 4) is 12.8 Å². The molecule has 2 aromatic carbocycles. The van der Waals surface area contributed by atoms with Crippen LogP contribution in [0.3, 0.4) is 0 Å². The molecule has 3 rings (SSSR count). The predicted octanol–water partition coefficient (Wildman–Crippen LogP) is 9.08. The SMILES string of the molecule is C#C.C=C(c1ccc(Cl)cc1)c1cc(C(C=CCCC)CCC)ccc1B1C(C)=NN=C1CC.CC.CCNC(C)=O. The van der Waals surface area contributed by atoms with Gasteiger partial charge in [0.25, 0.3) is 6.71 Å². The molecule has 2 aromatic rings. The maximum atomic E-state index is 9.93. The highest BCUT2D eigenvalue weighted by Crippen LogP contribution is 2.29. The minimum absolute atomic E-state index is 0.0394. The number of amides is 1. The van der Waals surface area contributed by atoms with Crippen LogP contribution in [0.15, 0.2) is 71.4 Å². The molecule has 0 spiro atoms. The van der Waals surface area contributed by atoms with Crippen LogP contribution in [0.5, 0.6) is 0 Å². The van der Waals surface area contributed by atoms with E-state index >= 15 is 0 Å². The third kappa shape index (κ3) is 12.3. The van der Waals surface area contributed by atoms with Crippen molar-refractivity contribution in [1.29, 1.82) is 0 Å². The topological polar surface area (TPSA) is 53.8 Å². The van der Waals surface area contributed by atoms with E-state index in [1.165, 1.54) is 29.9 Å². The molecule has 0 aliphatic carbocycles. The average Bonchev–Trinajstić information content (AvgIpc) is 3.39. The van der Waals surface area contributed by atoms with Crippen molar-refractivity contribution >= 4 is 46.5 Å². The summed E-state index contributed by atoms with van der Waals surface area (Å²) < 4.78 is 0. The van der Waals surface area contributed by atoms with Crippen LogP contribution in [-0.2, 0) is 4.79 Å². The minimum Gasteiger partial charge on any atom is -0.357 e. The fraction of sp³-hybridized carbons (Fsp3) is 0.417. The van der Waals surface area contributed by atoms with E-state index in [2.05, 4.69) is 105 Å². The molecule has 0 bridgehead atoms.